The van der Waals surface area contributed by atoms with E-state index < -0.39 is 0 Å². The minimum Gasteiger partial charge on any atom is -0.493 e. The number of carbonyl (C=O) groups excluding carboxylic acids is 2. The number of aryl methyl sites for hydroxylation is 1. The van der Waals surface area contributed by atoms with Crippen molar-refractivity contribution in [3.8, 4) is 11.5 Å². The molecule has 198 valence electrons. The molecule has 0 spiro atoms. The molecule has 0 fully saturated rings. The van der Waals surface area contributed by atoms with E-state index in [0.717, 1.165) is 20.5 Å². The summed E-state index contributed by atoms with van der Waals surface area (Å²) in [5, 5.41) is 2.05. The Morgan fingerprint density at radius 1 is 1.00 bits per heavy atom. The molecule has 0 N–H and O–H groups in total. The Labute approximate surface area is 232 Å². The summed E-state index contributed by atoms with van der Waals surface area (Å²) in [6.45, 7) is 7.72. The summed E-state index contributed by atoms with van der Waals surface area (Å²) in [6.07, 6.45) is 0.653. The molecule has 8 heteroatoms. The van der Waals surface area contributed by atoms with Gasteiger partial charge in [0.05, 0.1) is 20.8 Å². The van der Waals surface area contributed by atoms with Gasteiger partial charge in [-0.05, 0) is 72.2 Å². The van der Waals surface area contributed by atoms with Crippen LogP contribution < -0.4 is 9.47 Å². The van der Waals surface area contributed by atoms with Crippen molar-refractivity contribution in [3.05, 3.63) is 80.0 Å². The second-order valence-corrected chi connectivity index (χ2v) is 11.3. The Morgan fingerprint density at radius 3 is 2.38 bits per heavy atom. The summed E-state index contributed by atoms with van der Waals surface area (Å²) in [6, 6.07) is 15.2. The van der Waals surface area contributed by atoms with Gasteiger partial charge in [-0.3, -0.25) is 9.59 Å². The summed E-state index contributed by atoms with van der Waals surface area (Å²) < 4.78 is 11.6. The number of hydrogen-bond donors (Lipinski definition) is 0. The molecule has 0 saturated carbocycles. The van der Waals surface area contributed by atoms with Crippen molar-refractivity contribution < 1.29 is 19.1 Å². The van der Waals surface area contributed by atoms with E-state index in [9.17, 15) is 9.59 Å². The van der Waals surface area contributed by atoms with Gasteiger partial charge in [-0.1, -0.05) is 41.9 Å². The Morgan fingerprint density at radius 2 is 1.76 bits per heavy atom. The molecule has 0 aliphatic rings. The molecule has 1 heterocycles. The monoisotopic (exact) mass is 586 g/mol. The van der Waals surface area contributed by atoms with Crippen LogP contribution in [0.2, 0.25) is 0 Å². The first-order valence-electron chi connectivity index (χ1n) is 12.3. The van der Waals surface area contributed by atoms with Crippen molar-refractivity contribution in [1.82, 2.24) is 9.80 Å². The number of hydrogen-bond acceptors (Lipinski definition) is 5. The molecule has 37 heavy (non-hydrogen) atoms. The Hall–Kier alpha value is -2.84. The summed E-state index contributed by atoms with van der Waals surface area (Å²) in [4.78, 5) is 31.8. The van der Waals surface area contributed by atoms with Crippen LogP contribution in [0.25, 0.3) is 0 Å². The SMILES string of the molecule is COc1ccc(CCN(Cc2sccc2C)C(=O)CN(CC(C)C)C(=O)c2cccc(Br)c2)cc1OC. The van der Waals surface area contributed by atoms with Gasteiger partial charge in [-0.15, -0.1) is 11.3 Å². The number of ether oxygens (including phenoxy) is 2. The fourth-order valence-electron chi connectivity index (χ4n) is 4.06. The average Bonchev–Trinajstić information content (AvgIpc) is 3.29. The van der Waals surface area contributed by atoms with Gasteiger partial charge in [0, 0.05) is 28.0 Å². The lowest BCUT2D eigenvalue weighted by molar-refractivity contribution is -0.132. The first kappa shape index (κ1) is 28.7. The highest BCUT2D eigenvalue weighted by atomic mass is 79.9. The van der Waals surface area contributed by atoms with E-state index in [1.54, 1.807) is 42.6 Å². The third-order valence-electron chi connectivity index (χ3n) is 6.04. The number of carbonyl (C=O) groups is 2. The summed E-state index contributed by atoms with van der Waals surface area (Å²) in [5.74, 6) is 1.34. The second-order valence-electron chi connectivity index (χ2n) is 9.37. The molecule has 0 saturated heterocycles. The standard InChI is InChI=1S/C29H35BrN2O4S/c1-20(2)17-32(29(34)23-7-6-8-24(30)16-23)19-28(33)31(18-27-21(3)12-14-37-27)13-11-22-9-10-25(35-4)26(15-22)36-5/h6-10,12,14-16,20H,11,13,17-19H2,1-5H3. The normalized spacial score (nSPS) is 10.9. The average molecular weight is 588 g/mol. The van der Waals surface area contributed by atoms with Gasteiger partial charge in [0.15, 0.2) is 11.5 Å². The van der Waals surface area contributed by atoms with E-state index in [0.29, 0.717) is 43.1 Å². The van der Waals surface area contributed by atoms with Gasteiger partial charge in [0.25, 0.3) is 5.91 Å². The number of thiophene rings is 1. The molecular formula is C29H35BrN2O4S. The van der Waals surface area contributed by atoms with Crippen LogP contribution in [0.4, 0.5) is 0 Å². The lowest BCUT2D eigenvalue weighted by Gasteiger charge is -2.29. The van der Waals surface area contributed by atoms with Crippen LogP contribution in [0.15, 0.2) is 58.4 Å². The van der Waals surface area contributed by atoms with Gasteiger partial charge in [0.2, 0.25) is 5.91 Å². The first-order valence-corrected chi connectivity index (χ1v) is 14.0. The molecule has 3 rings (SSSR count). The second kappa shape index (κ2) is 13.6. The summed E-state index contributed by atoms with van der Waals surface area (Å²) in [7, 11) is 3.22. The maximum absolute atomic E-state index is 13.7. The zero-order valence-electron chi connectivity index (χ0n) is 22.1. The lowest BCUT2D eigenvalue weighted by Crippen LogP contribution is -2.44. The number of halogens is 1. The number of methoxy groups -OCH3 is 2. The maximum Gasteiger partial charge on any atom is 0.254 e. The van der Waals surface area contributed by atoms with Gasteiger partial charge < -0.3 is 19.3 Å². The topological polar surface area (TPSA) is 59.1 Å². The number of benzene rings is 2. The van der Waals surface area contributed by atoms with E-state index in [1.807, 2.05) is 40.6 Å². The molecule has 0 radical (unpaired) electrons. The van der Waals surface area contributed by atoms with E-state index in [2.05, 4.69) is 42.8 Å². The van der Waals surface area contributed by atoms with Crippen molar-refractivity contribution >= 4 is 39.1 Å². The highest BCUT2D eigenvalue weighted by molar-refractivity contribution is 9.10. The molecule has 3 aromatic rings. The first-order chi connectivity index (χ1) is 17.7. The highest BCUT2D eigenvalue weighted by Crippen LogP contribution is 2.28. The Bertz CT molecular complexity index is 1210. The molecule has 0 aliphatic carbocycles. The third-order valence-corrected chi connectivity index (χ3v) is 7.55. The van der Waals surface area contributed by atoms with Crippen molar-refractivity contribution in [3.63, 3.8) is 0 Å². The largest absolute Gasteiger partial charge is 0.493 e. The number of nitrogens with zero attached hydrogens (tertiary/aromatic N) is 2. The fourth-order valence-corrected chi connectivity index (χ4v) is 5.38. The van der Waals surface area contributed by atoms with E-state index >= 15 is 0 Å². The van der Waals surface area contributed by atoms with Crippen molar-refractivity contribution in [1.29, 1.82) is 0 Å². The third kappa shape index (κ3) is 8.07. The highest BCUT2D eigenvalue weighted by Gasteiger charge is 2.24. The molecule has 0 bridgehead atoms. The van der Waals surface area contributed by atoms with E-state index in [4.69, 9.17) is 9.47 Å². The zero-order valence-corrected chi connectivity index (χ0v) is 24.5. The van der Waals surface area contributed by atoms with Gasteiger partial charge >= 0.3 is 0 Å². The molecule has 2 amide bonds. The van der Waals surface area contributed by atoms with E-state index in [1.165, 1.54) is 0 Å². The smallest absolute Gasteiger partial charge is 0.254 e. The lowest BCUT2D eigenvalue weighted by atomic mass is 10.1. The molecular weight excluding hydrogens is 552 g/mol. The number of amides is 2. The van der Waals surface area contributed by atoms with Gasteiger partial charge in [-0.25, -0.2) is 0 Å². The van der Waals surface area contributed by atoms with Crippen LogP contribution in [-0.2, 0) is 17.8 Å². The molecule has 0 unspecified atom stereocenters. The van der Waals surface area contributed by atoms with Crippen LogP contribution >= 0.6 is 27.3 Å². The predicted octanol–water partition coefficient (Wildman–Crippen LogP) is 6.21. The van der Waals surface area contributed by atoms with Gasteiger partial charge in [0.1, 0.15) is 6.54 Å². The molecule has 0 atom stereocenters. The molecule has 0 aliphatic heterocycles. The molecule has 6 nitrogen and oxygen atoms in total. The predicted molar refractivity (Wildman–Crippen MR) is 153 cm³/mol. The van der Waals surface area contributed by atoms with Crippen LogP contribution in [-0.4, -0.2) is 55.5 Å². The van der Waals surface area contributed by atoms with Crippen molar-refractivity contribution in [2.24, 2.45) is 5.92 Å². The quantitative estimate of drug-likeness (QED) is 0.253. The van der Waals surface area contributed by atoms with Crippen LogP contribution in [0.1, 0.15) is 40.2 Å². The summed E-state index contributed by atoms with van der Waals surface area (Å²) >= 11 is 5.09. The zero-order chi connectivity index (χ0) is 26.9. The molecule has 2 aromatic carbocycles. The Balaban J connectivity index is 1.81. The van der Waals surface area contributed by atoms with Crippen LogP contribution in [0.5, 0.6) is 11.5 Å². The van der Waals surface area contributed by atoms with Crippen LogP contribution in [0.3, 0.4) is 0 Å². The maximum atomic E-state index is 13.7. The minimum atomic E-state index is -0.143. The van der Waals surface area contributed by atoms with Crippen LogP contribution in [0, 0.1) is 12.8 Å². The number of rotatable bonds is 12. The van der Waals surface area contributed by atoms with Crippen molar-refractivity contribution in [2.75, 3.05) is 33.9 Å². The van der Waals surface area contributed by atoms with Gasteiger partial charge in [-0.2, -0.15) is 0 Å². The summed E-state index contributed by atoms with van der Waals surface area (Å²) in [5.41, 5.74) is 2.77. The van der Waals surface area contributed by atoms with E-state index in [-0.39, 0.29) is 24.3 Å². The fraction of sp³-hybridized carbons (Fsp3) is 0.379. The minimum absolute atomic E-state index is 0.0277. The molecule has 1 aromatic heterocycles. The Kier molecular flexibility index (Phi) is 10.6. The van der Waals surface area contributed by atoms with Crippen molar-refractivity contribution in [2.45, 2.75) is 33.7 Å².